The van der Waals surface area contributed by atoms with Crippen LogP contribution in [0.4, 0.5) is 5.69 Å². The van der Waals surface area contributed by atoms with Crippen LogP contribution in [0.15, 0.2) is 59.8 Å². The summed E-state index contributed by atoms with van der Waals surface area (Å²) in [4.78, 5) is 15.2. The van der Waals surface area contributed by atoms with Crippen molar-refractivity contribution >= 4 is 35.0 Å². The monoisotopic (exact) mass is 455 g/mol. The third-order valence-electron chi connectivity index (χ3n) is 5.28. The number of halogens is 1. The second-order valence-electron chi connectivity index (χ2n) is 7.71. The van der Waals surface area contributed by atoms with Gasteiger partial charge in [0.05, 0.1) is 18.3 Å². The maximum atomic E-state index is 12.7. The minimum Gasteiger partial charge on any atom is -0.325 e. The number of amides is 1. The first-order valence-corrected chi connectivity index (χ1v) is 11.8. The largest absolute Gasteiger partial charge is 0.325 e. The topological polar surface area (TPSA) is 63.1 Å². The summed E-state index contributed by atoms with van der Waals surface area (Å²) in [6.07, 6.45) is 2.46. The van der Waals surface area contributed by atoms with E-state index in [0.29, 0.717) is 17.3 Å². The first-order valence-electron chi connectivity index (χ1n) is 10.5. The van der Waals surface area contributed by atoms with Gasteiger partial charge >= 0.3 is 0 Å². The van der Waals surface area contributed by atoms with Crippen molar-refractivity contribution in [1.82, 2.24) is 19.7 Å². The van der Waals surface area contributed by atoms with Crippen LogP contribution in [0.1, 0.15) is 31.2 Å². The standard InChI is InChI=1S/C23H26ClN5OS/c1-17(22(30)25-20-11-7-10-19(24)14-20)31-23-27-26-21(16-28-12-5-6-13-28)29(23)15-18-8-3-2-4-9-18/h2-4,7-11,14,17H,5-6,12-13,15-16H2,1H3,(H,25,30). The minimum absolute atomic E-state index is 0.0948. The quantitative estimate of drug-likeness (QED) is 0.499. The number of carbonyl (C=O) groups excluding carboxylic acids is 1. The molecule has 1 aliphatic rings. The summed E-state index contributed by atoms with van der Waals surface area (Å²) in [6, 6.07) is 17.4. The van der Waals surface area contributed by atoms with Gasteiger partial charge in [-0.15, -0.1) is 10.2 Å². The Labute approximate surface area is 192 Å². The van der Waals surface area contributed by atoms with Crippen LogP contribution >= 0.6 is 23.4 Å². The molecule has 2 aromatic carbocycles. The molecule has 3 aromatic rings. The Morgan fingerprint density at radius 1 is 1.10 bits per heavy atom. The van der Waals surface area contributed by atoms with Gasteiger partial charge in [-0.25, -0.2) is 0 Å². The molecule has 0 aliphatic carbocycles. The summed E-state index contributed by atoms with van der Waals surface area (Å²) in [5.41, 5.74) is 1.87. The fourth-order valence-electron chi connectivity index (χ4n) is 3.61. The van der Waals surface area contributed by atoms with Crippen LogP contribution in [-0.2, 0) is 17.9 Å². The van der Waals surface area contributed by atoms with Crippen LogP contribution < -0.4 is 5.32 Å². The van der Waals surface area contributed by atoms with Gasteiger partial charge in [-0.3, -0.25) is 9.69 Å². The second kappa shape index (κ2) is 10.3. The molecular formula is C23H26ClN5OS. The number of benzene rings is 2. The van der Waals surface area contributed by atoms with E-state index in [2.05, 4.69) is 37.1 Å². The highest BCUT2D eigenvalue weighted by Crippen LogP contribution is 2.26. The predicted molar refractivity (Wildman–Crippen MR) is 125 cm³/mol. The maximum Gasteiger partial charge on any atom is 0.237 e. The number of hydrogen-bond acceptors (Lipinski definition) is 5. The van der Waals surface area contributed by atoms with Crippen molar-refractivity contribution in [3.8, 4) is 0 Å². The first-order chi connectivity index (χ1) is 15.1. The lowest BCUT2D eigenvalue weighted by molar-refractivity contribution is -0.115. The summed E-state index contributed by atoms with van der Waals surface area (Å²) in [6.45, 7) is 5.54. The molecule has 1 unspecified atom stereocenters. The number of thioether (sulfide) groups is 1. The Morgan fingerprint density at radius 2 is 1.87 bits per heavy atom. The molecule has 8 heteroatoms. The van der Waals surface area contributed by atoms with E-state index < -0.39 is 0 Å². The van der Waals surface area contributed by atoms with Crippen LogP contribution in [0.5, 0.6) is 0 Å². The fourth-order valence-corrected chi connectivity index (χ4v) is 4.67. The van der Waals surface area contributed by atoms with E-state index in [0.717, 1.165) is 30.6 Å². The lowest BCUT2D eigenvalue weighted by atomic mass is 10.2. The molecule has 1 N–H and O–H groups in total. The molecule has 1 amide bonds. The molecule has 31 heavy (non-hydrogen) atoms. The van der Waals surface area contributed by atoms with Gasteiger partial charge in [-0.05, 0) is 56.6 Å². The van der Waals surface area contributed by atoms with Crippen LogP contribution in [0.25, 0.3) is 0 Å². The number of nitrogens with zero attached hydrogens (tertiary/aromatic N) is 4. The summed E-state index contributed by atoms with van der Waals surface area (Å²) in [5.74, 6) is 0.846. The zero-order chi connectivity index (χ0) is 21.6. The molecule has 0 spiro atoms. The van der Waals surface area contributed by atoms with E-state index in [9.17, 15) is 4.79 Å². The SMILES string of the molecule is CC(Sc1nnc(CN2CCCC2)n1Cc1ccccc1)C(=O)Nc1cccc(Cl)c1. The molecule has 6 nitrogen and oxygen atoms in total. The van der Waals surface area contributed by atoms with Gasteiger partial charge < -0.3 is 9.88 Å². The van der Waals surface area contributed by atoms with Crippen LogP contribution in [0.2, 0.25) is 5.02 Å². The molecule has 0 saturated carbocycles. The van der Waals surface area contributed by atoms with Crippen molar-refractivity contribution in [2.45, 2.75) is 43.3 Å². The van der Waals surface area contributed by atoms with Gasteiger partial charge in [-0.1, -0.05) is 59.8 Å². The molecule has 0 bridgehead atoms. The van der Waals surface area contributed by atoms with Crippen molar-refractivity contribution in [1.29, 1.82) is 0 Å². The zero-order valence-electron chi connectivity index (χ0n) is 17.5. The number of hydrogen-bond donors (Lipinski definition) is 1. The summed E-state index contributed by atoms with van der Waals surface area (Å²) < 4.78 is 2.14. The van der Waals surface area contributed by atoms with Crippen molar-refractivity contribution in [3.63, 3.8) is 0 Å². The van der Waals surface area contributed by atoms with Crippen LogP contribution in [0.3, 0.4) is 0 Å². The summed E-state index contributed by atoms with van der Waals surface area (Å²) in [5, 5.41) is 12.9. The lowest BCUT2D eigenvalue weighted by Crippen LogP contribution is -2.24. The fraction of sp³-hybridized carbons (Fsp3) is 0.348. The number of aromatic nitrogens is 3. The first kappa shape index (κ1) is 21.9. The minimum atomic E-state index is -0.336. The van der Waals surface area contributed by atoms with Crippen LogP contribution in [0, 0.1) is 0 Å². The average molecular weight is 456 g/mol. The molecule has 0 radical (unpaired) electrons. The van der Waals surface area contributed by atoms with Gasteiger partial charge in [0.2, 0.25) is 5.91 Å². The molecular weight excluding hydrogens is 430 g/mol. The van der Waals surface area contributed by atoms with Gasteiger partial charge in [0, 0.05) is 10.7 Å². The number of carbonyl (C=O) groups is 1. The Hall–Kier alpha value is -2.35. The van der Waals surface area contributed by atoms with E-state index in [1.54, 1.807) is 12.1 Å². The highest BCUT2D eigenvalue weighted by atomic mass is 35.5. The Kier molecular flexibility index (Phi) is 7.27. The second-order valence-corrected chi connectivity index (χ2v) is 9.46. The lowest BCUT2D eigenvalue weighted by Gasteiger charge is -2.17. The van der Waals surface area contributed by atoms with Gasteiger partial charge in [0.25, 0.3) is 0 Å². The molecule has 1 aliphatic heterocycles. The zero-order valence-corrected chi connectivity index (χ0v) is 19.1. The Bertz CT molecular complexity index is 1020. The average Bonchev–Trinajstić information content (AvgIpc) is 3.40. The molecule has 1 saturated heterocycles. The Balaban J connectivity index is 1.50. The van der Waals surface area contributed by atoms with E-state index in [1.807, 2.05) is 37.3 Å². The molecule has 2 heterocycles. The van der Waals surface area contributed by atoms with Gasteiger partial charge in [0.15, 0.2) is 5.16 Å². The molecule has 162 valence electrons. The Morgan fingerprint density at radius 3 is 2.61 bits per heavy atom. The summed E-state index contributed by atoms with van der Waals surface area (Å²) in [7, 11) is 0. The van der Waals surface area contributed by atoms with E-state index in [1.165, 1.54) is 30.2 Å². The van der Waals surface area contributed by atoms with E-state index in [-0.39, 0.29) is 11.2 Å². The number of rotatable bonds is 8. The smallest absolute Gasteiger partial charge is 0.237 e. The highest BCUT2D eigenvalue weighted by molar-refractivity contribution is 8.00. The van der Waals surface area contributed by atoms with Crippen molar-refractivity contribution in [2.24, 2.45) is 0 Å². The predicted octanol–water partition coefficient (Wildman–Crippen LogP) is 4.69. The van der Waals surface area contributed by atoms with Crippen molar-refractivity contribution in [2.75, 3.05) is 18.4 Å². The van der Waals surface area contributed by atoms with Crippen molar-refractivity contribution in [3.05, 3.63) is 71.0 Å². The third-order valence-corrected chi connectivity index (χ3v) is 6.60. The molecule has 4 rings (SSSR count). The maximum absolute atomic E-state index is 12.7. The van der Waals surface area contributed by atoms with Gasteiger partial charge in [-0.2, -0.15) is 0 Å². The highest BCUT2D eigenvalue weighted by Gasteiger charge is 2.22. The number of likely N-dealkylation sites (tertiary alicyclic amines) is 1. The normalized spacial score (nSPS) is 15.2. The van der Waals surface area contributed by atoms with Crippen LogP contribution in [-0.4, -0.2) is 43.9 Å². The molecule has 1 fully saturated rings. The molecule has 1 aromatic heterocycles. The summed E-state index contributed by atoms with van der Waals surface area (Å²) >= 11 is 7.45. The third kappa shape index (κ3) is 5.87. The van der Waals surface area contributed by atoms with E-state index >= 15 is 0 Å². The number of nitrogens with one attached hydrogen (secondary N) is 1. The van der Waals surface area contributed by atoms with E-state index in [4.69, 9.17) is 11.6 Å². The molecule has 1 atom stereocenters. The number of anilines is 1. The van der Waals surface area contributed by atoms with Gasteiger partial charge in [0.1, 0.15) is 5.82 Å². The van der Waals surface area contributed by atoms with Crippen molar-refractivity contribution < 1.29 is 4.79 Å².